The molecule has 0 saturated heterocycles. The number of phenols is 1. The summed E-state index contributed by atoms with van der Waals surface area (Å²) in [6.45, 7) is 1.81. The quantitative estimate of drug-likeness (QED) is 0.894. The third kappa shape index (κ3) is 2.88. The van der Waals surface area contributed by atoms with Crippen molar-refractivity contribution in [3.8, 4) is 11.5 Å². The molecule has 0 fully saturated rings. The topological polar surface area (TPSA) is 66.8 Å². The van der Waals surface area contributed by atoms with E-state index in [1.54, 1.807) is 12.1 Å². The number of aromatic hydroxyl groups is 1. The Balaban J connectivity index is 3.05. The fourth-order valence-corrected chi connectivity index (χ4v) is 1.87. The van der Waals surface area contributed by atoms with Crippen molar-refractivity contribution >= 4 is 21.9 Å². The number of phenolic OH excluding ortho intramolecular Hbond substituents is 1. The summed E-state index contributed by atoms with van der Waals surface area (Å²) in [5.74, 6) is -0.630. The van der Waals surface area contributed by atoms with E-state index < -0.39 is 5.97 Å². The number of aliphatic carboxylic acids is 1. The van der Waals surface area contributed by atoms with Crippen molar-refractivity contribution in [1.82, 2.24) is 0 Å². The predicted octanol–water partition coefficient (Wildman–Crippen LogP) is 2.74. The molecule has 1 aromatic carbocycles. The second-order valence-electron chi connectivity index (χ2n) is 3.55. The lowest BCUT2D eigenvalue weighted by atomic mass is 9.97. The third-order valence-corrected chi connectivity index (χ3v) is 2.93. The molecule has 0 spiro atoms. The summed E-state index contributed by atoms with van der Waals surface area (Å²) < 4.78 is 5.49. The predicted molar refractivity (Wildman–Crippen MR) is 63.0 cm³/mol. The molecule has 0 saturated carbocycles. The number of benzene rings is 1. The third-order valence-electron chi connectivity index (χ3n) is 2.32. The van der Waals surface area contributed by atoms with Gasteiger partial charge in [-0.25, -0.2) is 0 Å². The van der Waals surface area contributed by atoms with Crippen LogP contribution in [0.1, 0.15) is 24.8 Å². The second-order valence-corrected chi connectivity index (χ2v) is 4.41. The first-order chi connectivity index (χ1) is 7.45. The van der Waals surface area contributed by atoms with Crippen LogP contribution in [0.15, 0.2) is 16.6 Å². The van der Waals surface area contributed by atoms with Gasteiger partial charge >= 0.3 is 5.97 Å². The molecule has 0 amide bonds. The Morgan fingerprint density at radius 1 is 1.56 bits per heavy atom. The van der Waals surface area contributed by atoms with Gasteiger partial charge in [0.25, 0.3) is 0 Å². The summed E-state index contributed by atoms with van der Waals surface area (Å²) >= 11 is 3.19. The van der Waals surface area contributed by atoms with Gasteiger partial charge < -0.3 is 14.9 Å². The maximum absolute atomic E-state index is 10.6. The Kier molecular flexibility index (Phi) is 4.18. The highest BCUT2D eigenvalue weighted by atomic mass is 79.9. The zero-order valence-corrected chi connectivity index (χ0v) is 10.6. The molecule has 88 valence electrons. The number of carboxylic acid groups (broad SMARTS) is 1. The largest absolute Gasteiger partial charge is 0.503 e. The van der Waals surface area contributed by atoms with Crippen LogP contribution >= 0.6 is 15.9 Å². The lowest BCUT2D eigenvalue weighted by Gasteiger charge is -2.13. The van der Waals surface area contributed by atoms with Crippen molar-refractivity contribution in [1.29, 1.82) is 0 Å². The monoisotopic (exact) mass is 288 g/mol. The van der Waals surface area contributed by atoms with Crippen LogP contribution in [0, 0.1) is 0 Å². The summed E-state index contributed by atoms with van der Waals surface area (Å²) in [5, 5.41) is 18.3. The van der Waals surface area contributed by atoms with Gasteiger partial charge in [0.15, 0.2) is 11.5 Å². The van der Waals surface area contributed by atoms with Crippen molar-refractivity contribution < 1.29 is 19.7 Å². The van der Waals surface area contributed by atoms with Gasteiger partial charge in [0.1, 0.15) is 0 Å². The van der Waals surface area contributed by atoms with E-state index in [1.807, 2.05) is 6.92 Å². The highest BCUT2D eigenvalue weighted by Gasteiger charge is 2.15. The average Bonchev–Trinajstić information content (AvgIpc) is 2.20. The summed E-state index contributed by atoms with van der Waals surface area (Å²) in [6.07, 6.45) is 0.0420. The van der Waals surface area contributed by atoms with Gasteiger partial charge in [0.2, 0.25) is 0 Å². The van der Waals surface area contributed by atoms with E-state index in [0.29, 0.717) is 10.2 Å². The standard InChI is InChI=1S/C11H13BrO4/c1-6(3-10(13)14)7-4-8(12)11(15)9(5-7)16-2/h4-6,15H,3H2,1-2H3,(H,13,14). The highest BCUT2D eigenvalue weighted by Crippen LogP contribution is 2.37. The van der Waals surface area contributed by atoms with Crippen molar-refractivity contribution in [2.45, 2.75) is 19.3 Å². The molecule has 0 aromatic heterocycles. The molecule has 5 heteroatoms. The number of carboxylic acids is 1. The lowest BCUT2D eigenvalue weighted by Crippen LogP contribution is -2.03. The van der Waals surface area contributed by atoms with Gasteiger partial charge in [0, 0.05) is 0 Å². The van der Waals surface area contributed by atoms with E-state index >= 15 is 0 Å². The molecule has 1 rings (SSSR count). The van der Waals surface area contributed by atoms with E-state index in [0.717, 1.165) is 5.56 Å². The number of ether oxygens (including phenoxy) is 1. The molecular weight excluding hydrogens is 276 g/mol. The van der Waals surface area contributed by atoms with E-state index in [4.69, 9.17) is 9.84 Å². The zero-order valence-electron chi connectivity index (χ0n) is 9.03. The van der Waals surface area contributed by atoms with Crippen LogP contribution in [0.5, 0.6) is 11.5 Å². The van der Waals surface area contributed by atoms with Crippen LogP contribution in [0.2, 0.25) is 0 Å². The molecule has 1 unspecified atom stereocenters. The van der Waals surface area contributed by atoms with E-state index in [2.05, 4.69) is 15.9 Å². The van der Waals surface area contributed by atoms with Crippen LogP contribution in [-0.2, 0) is 4.79 Å². The Bertz CT molecular complexity index is 403. The van der Waals surface area contributed by atoms with Crippen LogP contribution in [0.4, 0.5) is 0 Å². The molecule has 0 aliphatic carbocycles. The van der Waals surface area contributed by atoms with Crippen LogP contribution in [0.25, 0.3) is 0 Å². The van der Waals surface area contributed by atoms with Gasteiger partial charge in [0.05, 0.1) is 18.0 Å². The number of hydrogen-bond donors (Lipinski definition) is 2. The van der Waals surface area contributed by atoms with E-state index in [1.165, 1.54) is 7.11 Å². The number of carbonyl (C=O) groups is 1. The minimum atomic E-state index is -0.851. The summed E-state index contributed by atoms with van der Waals surface area (Å²) in [5.41, 5.74) is 0.809. The average molecular weight is 289 g/mol. The van der Waals surface area contributed by atoms with E-state index in [9.17, 15) is 9.90 Å². The Morgan fingerprint density at radius 3 is 2.69 bits per heavy atom. The molecule has 0 aliphatic rings. The van der Waals surface area contributed by atoms with Gasteiger partial charge in [-0.05, 0) is 39.5 Å². The zero-order chi connectivity index (χ0) is 12.3. The molecule has 1 atom stereocenters. The van der Waals surface area contributed by atoms with Gasteiger partial charge in [-0.1, -0.05) is 6.92 Å². The fraction of sp³-hybridized carbons (Fsp3) is 0.364. The first-order valence-electron chi connectivity index (χ1n) is 4.74. The number of methoxy groups -OCH3 is 1. The molecule has 2 N–H and O–H groups in total. The SMILES string of the molecule is COc1cc(C(C)CC(=O)O)cc(Br)c1O. The normalized spacial score (nSPS) is 12.2. The maximum atomic E-state index is 10.6. The fourth-order valence-electron chi connectivity index (χ4n) is 1.41. The highest BCUT2D eigenvalue weighted by molar-refractivity contribution is 9.10. The first kappa shape index (κ1) is 12.8. The number of hydrogen-bond acceptors (Lipinski definition) is 3. The van der Waals surface area contributed by atoms with Crippen LogP contribution in [-0.4, -0.2) is 23.3 Å². The van der Waals surface area contributed by atoms with Crippen molar-refractivity contribution in [2.75, 3.05) is 7.11 Å². The molecule has 0 radical (unpaired) electrons. The molecule has 4 nitrogen and oxygen atoms in total. The molecule has 1 aromatic rings. The Labute approximate surface area is 102 Å². The Morgan fingerprint density at radius 2 is 2.19 bits per heavy atom. The second kappa shape index (κ2) is 5.21. The molecule has 0 heterocycles. The number of rotatable bonds is 4. The van der Waals surface area contributed by atoms with Gasteiger partial charge in [-0.3, -0.25) is 4.79 Å². The molecule has 0 aliphatic heterocycles. The van der Waals surface area contributed by atoms with Crippen molar-refractivity contribution in [2.24, 2.45) is 0 Å². The maximum Gasteiger partial charge on any atom is 0.303 e. The Hall–Kier alpha value is -1.23. The smallest absolute Gasteiger partial charge is 0.303 e. The number of halogens is 1. The van der Waals surface area contributed by atoms with Crippen molar-refractivity contribution in [3.63, 3.8) is 0 Å². The van der Waals surface area contributed by atoms with Gasteiger partial charge in [-0.15, -0.1) is 0 Å². The van der Waals surface area contributed by atoms with Crippen LogP contribution in [0.3, 0.4) is 0 Å². The summed E-state index contributed by atoms with van der Waals surface area (Å²) in [4.78, 5) is 10.6. The minimum Gasteiger partial charge on any atom is -0.503 e. The van der Waals surface area contributed by atoms with Crippen LogP contribution < -0.4 is 4.74 Å². The minimum absolute atomic E-state index is 0.0220. The molecule has 0 bridgehead atoms. The lowest BCUT2D eigenvalue weighted by molar-refractivity contribution is -0.137. The first-order valence-corrected chi connectivity index (χ1v) is 5.53. The van der Waals surface area contributed by atoms with E-state index in [-0.39, 0.29) is 18.1 Å². The summed E-state index contributed by atoms with van der Waals surface area (Å²) in [6, 6.07) is 3.35. The van der Waals surface area contributed by atoms with Crippen molar-refractivity contribution in [3.05, 3.63) is 22.2 Å². The van der Waals surface area contributed by atoms with Gasteiger partial charge in [-0.2, -0.15) is 0 Å². The molecule has 16 heavy (non-hydrogen) atoms. The summed E-state index contributed by atoms with van der Waals surface area (Å²) in [7, 11) is 1.45. The molecular formula is C11H13BrO4.